The van der Waals surface area contributed by atoms with Gasteiger partial charge in [0.05, 0.1) is 12.8 Å². The van der Waals surface area contributed by atoms with Gasteiger partial charge in [-0.2, -0.15) is 0 Å². The Hall–Kier alpha value is -2.01. The normalized spacial score (nSPS) is 10.4. The van der Waals surface area contributed by atoms with Crippen LogP contribution in [0.5, 0.6) is 5.75 Å². The summed E-state index contributed by atoms with van der Waals surface area (Å²) in [5.41, 5.74) is 7.44. The predicted molar refractivity (Wildman–Crippen MR) is 79.9 cm³/mol. The van der Waals surface area contributed by atoms with Crippen LogP contribution < -0.4 is 15.8 Å². The van der Waals surface area contributed by atoms with Gasteiger partial charge in [0.2, 0.25) is 0 Å². The Bertz CT molecular complexity index is 646. The van der Waals surface area contributed by atoms with Gasteiger partial charge >= 0.3 is 0 Å². The van der Waals surface area contributed by atoms with E-state index in [0.29, 0.717) is 17.1 Å². The Morgan fingerprint density at radius 3 is 2.89 bits per heavy atom. The van der Waals surface area contributed by atoms with E-state index >= 15 is 0 Å². The summed E-state index contributed by atoms with van der Waals surface area (Å²) in [6.07, 6.45) is 0. The zero-order valence-corrected chi connectivity index (χ0v) is 11.8. The summed E-state index contributed by atoms with van der Waals surface area (Å²) in [6.45, 7) is 6.06. The Kier molecular flexibility index (Phi) is 3.76. The van der Waals surface area contributed by atoms with Gasteiger partial charge < -0.3 is 15.8 Å². The molecule has 0 aliphatic carbocycles. The molecule has 19 heavy (non-hydrogen) atoms. The van der Waals surface area contributed by atoms with Gasteiger partial charge in [-0.05, 0) is 25.1 Å². The number of nitrogen functional groups attached to an aromatic ring is 1. The highest BCUT2D eigenvalue weighted by atomic mass is 32.1. The first-order valence-electron chi connectivity index (χ1n) is 5.81. The zero-order valence-electron chi connectivity index (χ0n) is 10.9. The Morgan fingerprint density at radius 1 is 1.53 bits per heavy atom. The molecule has 1 amide bonds. The number of hydrogen-bond donors (Lipinski definition) is 2. The van der Waals surface area contributed by atoms with E-state index in [4.69, 9.17) is 10.5 Å². The number of hydrogen-bond acceptors (Lipinski definition) is 4. The smallest absolute Gasteiger partial charge is 0.263 e. The van der Waals surface area contributed by atoms with Crippen LogP contribution in [0.1, 0.15) is 16.6 Å². The van der Waals surface area contributed by atoms with E-state index in [-0.39, 0.29) is 5.91 Å². The molecule has 4 nitrogen and oxygen atoms in total. The fraction of sp³-hybridized carbons (Fsp3) is 0.214. The first-order valence-corrected chi connectivity index (χ1v) is 6.63. The average Bonchev–Trinajstić information content (AvgIpc) is 2.72. The Morgan fingerprint density at radius 2 is 2.26 bits per heavy atom. The second-order valence-electron chi connectivity index (χ2n) is 4.35. The zero-order chi connectivity index (χ0) is 14.0. The number of thiophene rings is 1. The minimum Gasteiger partial charge on any atom is -0.497 e. The van der Waals surface area contributed by atoms with E-state index in [9.17, 15) is 4.79 Å². The first kappa shape index (κ1) is 13.4. The van der Waals surface area contributed by atoms with Crippen molar-refractivity contribution in [3.8, 4) is 5.75 Å². The third kappa shape index (κ3) is 2.71. The molecule has 0 radical (unpaired) electrons. The standard InChI is InChI=1S/C14H16N2O2S/c1-8(2)7-16-14(17)13-12(15)10-5-4-9(18-3)6-11(10)19-13/h4-6H,1,7,15H2,2-3H3,(H,16,17). The largest absolute Gasteiger partial charge is 0.497 e. The van der Waals surface area contributed by atoms with Gasteiger partial charge in [-0.3, -0.25) is 4.79 Å². The highest BCUT2D eigenvalue weighted by molar-refractivity contribution is 7.21. The van der Waals surface area contributed by atoms with Crippen molar-refractivity contribution in [1.29, 1.82) is 0 Å². The fourth-order valence-electron chi connectivity index (χ4n) is 1.70. The number of rotatable bonds is 4. The van der Waals surface area contributed by atoms with Crippen LogP contribution in [0.3, 0.4) is 0 Å². The lowest BCUT2D eigenvalue weighted by Crippen LogP contribution is -2.24. The number of carbonyl (C=O) groups excluding carboxylic acids is 1. The van der Waals surface area contributed by atoms with Crippen LogP contribution in [0.2, 0.25) is 0 Å². The lowest BCUT2D eigenvalue weighted by molar-refractivity contribution is 0.0962. The summed E-state index contributed by atoms with van der Waals surface area (Å²) in [4.78, 5) is 12.6. The minimum atomic E-state index is -0.166. The van der Waals surface area contributed by atoms with Crippen molar-refractivity contribution in [3.63, 3.8) is 0 Å². The maximum Gasteiger partial charge on any atom is 0.263 e. The molecule has 1 aromatic heterocycles. The monoisotopic (exact) mass is 276 g/mol. The van der Waals surface area contributed by atoms with E-state index in [1.165, 1.54) is 11.3 Å². The molecule has 0 fully saturated rings. The lowest BCUT2D eigenvalue weighted by Gasteiger charge is -2.03. The number of benzene rings is 1. The SMILES string of the molecule is C=C(C)CNC(=O)c1sc2cc(OC)ccc2c1N. The van der Waals surface area contributed by atoms with Crippen molar-refractivity contribution in [3.05, 3.63) is 35.2 Å². The minimum absolute atomic E-state index is 0.166. The molecule has 5 heteroatoms. The van der Waals surface area contributed by atoms with Crippen LogP contribution >= 0.6 is 11.3 Å². The molecular weight excluding hydrogens is 260 g/mol. The molecular formula is C14H16N2O2S. The third-order valence-corrected chi connectivity index (χ3v) is 3.86. The molecule has 0 atom stereocenters. The van der Waals surface area contributed by atoms with Crippen LogP contribution in [-0.4, -0.2) is 19.6 Å². The second kappa shape index (κ2) is 5.32. The first-order chi connectivity index (χ1) is 9.02. The van der Waals surface area contributed by atoms with Crippen molar-refractivity contribution in [2.45, 2.75) is 6.92 Å². The van der Waals surface area contributed by atoms with Gasteiger partial charge in [-0.1, -0.05) is 12.2 Å². The fourth-order valence-corrected chi connectivity index (χ4v) is 2.77. The summed E-state index contributed by atoms with van der Waals surface area (Å²) >= 11 is 1.37. The number of carbonyl (C=O) groups is 1. The van der Waals surface area contributed by atoms with E-state index in [1.54, 1.807) is 7.11 Å². The van der Waals surface area contributed by atoms with E-state index < -0.39 is 0 Å². The molecule has 3 N–H and O–H groups in total. The van der Waals surface area contributed by atoms with E-state index in [0.717, 1.165) is 21.4 Å². The molecule has 0 saturated heterocycles. The number of methoxy groups -OCH3 is 1. The summed E-state index contributed by atoms with van der Waals surface area (Å²) in [5.74, 6) is 0.586. The molecule has 100 valence electrons. The maximum atomic E-state index is 12.0. The van der Waals surface area contributed by atoms with Crippen LogP contribution in [0, 0.1) is 0 Å². The Labute approximate surface area is 115 Å². The molecule has 0 aliphatic rings. The highest BCUT2D eigenvalue weighted by Gasteiger charge is 2.16. The predicted octanol–water partition coefficient (Wildman–Crippen LogP) is 2.80. The van der Waals surface area contributed by atoms with E-state index in [2.05, 4.69) is 11.9 Å². The molecule has 0 aliphatic heterocycles. The van der Waals surface area contributed by atoms with Crippen LogP contribution in [-0.2, 0) is 0 Å². The topological polar surface area (TPSA) is 64.3 Å². The van der Waals surface area contributed by atoms with Gasteiger partial charge in [0, 0.05) is 16.6 Å². The molecule has 0 saturated carbocycles. The lowest BCUT2D eigenvalue weighted by atomic mass is 10.2. The third-order valence-electron chi connectivity index (χ3n) is 2.69. The number of ether oxygens (including phenoxy) is 1. The van der Waals surface area contributed by atoms with Crippen LogP contribution in [0.4, 0.5) is 5.69 Å². The summed E-state index contributed by atoms with van der Waals surface area (Å²) in [6, 6.07) is 5.59. The van der Waals surface area contributed by atoms with Gasteiger partial charge in [-0.25, -0.2) is 0 Å². The van der Waals surface area contributed by atoms with Gasteiger partial charge in [0.15, 0.2) is 0 Å². The number of anilines is 1. The maximum absolute atomic E-state index is 12.0. The molecule has 0 bridgehead atoms. The highest BCUT2D eigenvalue weighted by Crippen LogP contribution is 2.35. The van der Waals surface area contributed by atoms with Gasteiger partial charge in [0.1, 0.15) is 10.6 Å². The number of amides is 1. The summed E-state index contributed by atoms with van der Waals surface area (Å²) < 4.78 is 6.11. The molecule has 0 unspecified atom stereocenters. The molecule has 2 rings (SSSR count). The second-order valence-corrected chi connectivity index (χ2v) is 5.40. The van der Waals surface area contributed by atoms with Crippen LogP contribution in [0.15, 0.2) is 30.4 Å². The van der Waals surface area contributed by atoms with Crippen molar-refractivity contribution >= 4 is 33.0 Å². The number of fused-ring (bicyclic) bond motifs is 1. The molecule has 2 aromatic rings. The van der Waals surface area contributed by atoms with Crippen molar-refractivity contribution in [2.24, 2.45) is 0 Å². The van der Waals surface area contributed by atoms with Gasteiger partial charge in [0.25, 0.3) is 5.91 Å². The van der Waals surface area contributed by atoms with Crippen molar-refractivity contribution in [1.82, 2.24) is 5.32 Å². The average molecular weight is 276 g/mol. The number of nitrogens with two attached hydrogens (primary N) is 1. The molecule has 0 spiro atoms. The van der Waals surface area contributed by atoms with Crippen molar-refractivity contribution in [2.75, 3.05) is 19.4 Å². The van der Waals surface area contributed by atoms with Crippen molar-refractivity contribution < 1.29 is 9.53 Å². The summed E-state index contributed by atoms with van der Waals surface area (Å²) in [7, 11) is 1.61. The van der Waals surface area contributed by atoms with Gasteiger partial charge in [-0.15, -0.1) is 11.3 Å². The quantitative estimate of drug-likeness (QED) is 0.844. The van der Waals surface area contributed by atoms with E-state index in [1.807, 2.05) is 25.1 Å². The molecule has 1 aromatic carbocycles. The Balaban J connectivity index is 2.36. The van der Waals surface area contributed by atoms with Crippen LogP contribution in [0.25, 0.3) is 10.1 Å². The number of nitrogens with one attached hydrogen (secondary N) is 1. The molecule has 1 heterocycles. The summed E-state index contributed by atoms with van der Waals surface area (Å²) in [5, 5.41) is 3.67.